The van der Waals surface area contributed by atoms with Gasteiger partial charge < -0.3 is 25.4 Å². The van der Waals surface area contributed by atoms with E-state index < -0.39 is 24.5 Å². The van der Waals surface area contributed by atoms with Crippen molar-refractivity contribution < 1.29 is 19.7 Å². The van der Waals surface area contributed by atoms with Crippen LogP contribution in [-0.4, -0.2) is 61.8 Å². The molecule has 108 valence electrons. The van der Waals surface area contributed by atoms with Crippen LogP contribution in [0.1, 0.15) is 6.23 Å². The number of anilines is 1. The van der Waals surface area contributed by atoms with Crippen LogP contribution in [0, 0.1) is 0 Å². The van der Waals surface area contributed by atoms with E-state index in [1.54, 1.807) is 4.57 Å². The fourth-order valence-corrected chi connectivity index (χ4v) is 2.44. The Morgan fingerprint density at radius 3 is 2.90 bits per heavy atom. The van der Waals surface area contributed by atoms with Crippen LogP contribution in [0.2, 0.25) is 0 Å². The Morgan fingerprint density at radius 2 is 2.25 bits per heavy atom. The minimum Gasteiger partial charge on any atom is -0.394 e. The predicted molar refractivity (Wildman–Crippen MR) is 67.5 cm³/mol. The van der Waals surface area contributed by atoms with Crippen LogP contribution >= 0.6 is 0 Å². The second-order valence-electron chi connectivity index (χ2n) is 4.52. The zero-order chi connectivity index (χ0) is 14.3. The van der Waals surface area contributed by atoms with Crippen molar-refractivity contribution in [3.63, 3.8) is 0 Å². The average molecular weight is 281 g/mol. The first-order chi connectivity index (χ1) is 9.67. The number of hydrogen-bond acceptors (Lipinski definition) is 8. The maximum Gasteiger partial charge on any atom is 0.167 e. The van der Waals surface area contributed by atoms with Crippen LogP contribution < -0.4 is 5.73 Å². The maximum absolute atomic E-state index is 10.3. The van der Waals surface area contributed by atoms with Crippen molar-refractivity contribution in [3.05, 3.63) is 12.7 Å². The molecular formula is C11H15N5O4. The van der Waals surface area contributed by atoms with Gasteiger partial charge >= 0.3 is 0 Å². The predicted octanol–water partition coefficient (Wildman–Crippen LogP) is -1.33. The highest BCUT2D eigenvalue weighted by Crippen LogP contribution is 2.32. The third-order valence-electron chi connectivity index (χ3n) is 3.42. The molecule has 1 aliphatic rings. The van der Waals surface area contributed by atoms with Gasteiger partial charge in [-0.25, -0.2) is 15.0 Å². The van der Waals surface area contributed by atoms with Gasteiger partial charge in [-0.15, -0.1) is 0 Å². The summed E-state index contributed by atoms with van der Waals surface area (Å²) < 4.78 is 12.3. The van der Waals surface area contributed by atoms with Crippen molar-refractivity contribution in [2.75, 3.05) is 19.5 Å². The Morgan fingerprint density at radius 1 is 1.45 bits per heavy atom. The molecule has 3 heterocycles. The number of nitrogen functional groups attached to an aromatic ring is 1. The van der Waals surface area contributed by atoms with E-state index in [2.05, 4.69) is 15.0 Å². The topological polar surface area (TPSA) is 129 Å². The van der Waals surface area contributed by atoms with Crippen LogP contribution in [0.5, 0.6) is 0 Å². The summed E-state index contributed by atoms with van der Waals surface area (Å²) in [5.74, 6) is 0.253. The van der Waals surface area contributed by atoms with Gasteiger partial charge in [0.05, 0.1) is 12.9 Å². The molecule has 0 amide bonds. The number of aromatic nitrogens is 4. The third-order valence-corrected chi connectivity index (χ3v) is 3.42. The van der Waals surface area contributed by atoms with E-state index in [4.69, 9.17) is 15.2 Å². The highest BCUT2D eigenvalue weighted by molar-refractivity contribution is 5.81. The van der Waals surface area contributed by atoms with Gasteiger partial charge in [-0.05, 0) is 0 Å². The molecule has 9 heteroatoms. The number of rotatable bonds is 3. The van der Waals surface area contributed by atoms with E-state index in [0.29, 0.717) is 11.2 Å². The Bertz CT molecular complexity index is 618. The quantitative estimate of drug-likeness (QED) is 0.631. The molecule has 1 fully saturated rings. The molecule has 2 aromatic rings. The second kappa shape index (κ2) is 4.94. The summed E-state index contributed by atoms with van der Waals surface area (Å²) in [6.45, 7) is -0.254. The first-order valence-electron chi connectivity index (χ1n) is 6.07. The van der Waals surface area contributed by atoms with E-state index >= 15 is 0 Å². The van der Waals surface area contributed by atoms with Crippen molar-refractivity contribution in [3.8, 4) is 0 Å². The summed E-state index contributed by atoms with van der Waals surface area (Å²) in [6.07, 6.45) is -0.162. The Balaban J connectivity index is 2.01. The van der Waals surface area contributed by atoms with Gasteiger partial charge in [0, 0.05) is 7.11 Å². The molecular weight excluding hydrogens is 266 g/mol. The van der Waals surface area contributed by atoms with Crippen LogP contribution in [-0.2, 0) is 9.47 Å². The van der Waals surface area contributed by atoms with Crippen molar-refractivity contribution in [2.24, 2.45) is 0 Å². The number of hydrogen-bond donors (Lipinski definition) is 3. The summed E-state index contributed by atoms with van der Waals surface area (Å²) >= 11 is 0. The third kappa shape index (κ3) is 1.83. The molecule has 20 heavy (non-hydrogen) atoms. The number of imidazole rings is 1. The van der Waals surface area contributed by atoms with Gasteiger partial charge in [-0.1, -0.05) is 0 Å². The van der Waals surface area contributed by atoms with Gasteiger partial charge in [0.15, 0.2) is 17.7 Å². The standard InChI is InChI=1S/C11H15N5O4/c1-19-8-5(2-17)20-11(7(8)18)16-4-15-6-9(12)13-3-14-10(6)16/h3-5,7-8,11,17-18H,2H2,1H3,(H2,12,13,14)/t5-,7+,8?,11-/m1/s1. The normalized spacial score (nSPS) is 30.1. The smallest absolute Gasteiger partial charge is 0.167 e. The van der Waals surface area contributed by atoms with Gasteiger partial charge in [-0.2, -0.15) is 0 Å². The highest BCUT2D eigenvalue weighted by Gasteiger charge is 2.45. The van der Waals surface area contributed by atoms with E-state index in [1.165, 1.54) is 19.8 Å². The molecule has 2 aromatic heterocycles. The monoisotopic (exact) mass is 281 g/mol. The molecule has 4 N–H and O–H groups in total. The lowest BCUT2D eigenvalue weighted by Crippen LogP contribution is -2.35. The van der Waals surface area contributed by atoms with Crippen molar-refractivity contribution in [2.45, 2.75) is 24.5 Å². The highest BCUT2D eigenvalue weighted by atomic mass is 16.6. The lowest BCUT2D eigenvalue weighted by atomic mass is 10.1. The molecule has 0 saturated carbocycles. The lowest BCUT2D eigenvalue weighted by Gasteiger charge is -2.17. The molecule has 0 bridgehead atoms. The summed E-state index contributed by atoms with van der Waals surface area (Å²) in [6, 6.07) is 0. The van der Waals surface area contributed by atoms with Crippen molar-refractivity contribution in [1.82, 2.24) is 19.5 Å². The van der Waals surface area contributed by atoms with Crippen molar-refractivity contribution in [1.29, 1.82) is 0 Å². The van der Waals surface area contributed by atoms with Gasteiger partial charge in [0.25, 0.3) is 0 Å². The molecule has 1 aliphatic heterocycles. The number of aliphatic hydroxyl groups excluding tert-OH is 2. The number of nitrogens with zero attached hydrogens (tertiary/aromatic N) is 4. The van der Waals surface area contributed by atoms with Crippen LogP contribution in [0.3, 0.4) is 0 Å². The molecule has 3 rings (SSSR count). The summed E-state index contributed by atoms with van der Waals surface area (Å²) in [5.41, 5.74) is 6.60. The molecule has 0 aliphatic carbocycles. The molecule has 1 saturated heterocycles. The van der Waals surface area contributed by atoms with E-state index in [-0.39, 0.29) is 12.4 Å². The molecule has 1 unspecified atom stereocenters. The SMILES string of the molecule is COC1[C@@H](CO)O[C@@H](n2cnc3c(N)ncnc32)[C@H]1O. The Kier molecular flexibility index (Phi) is 3.26. The summed E-state index contributed by atoms with van der Waals surface area (Å²) in [5, 5.41) is 19.5. The van der Waals surface area contributed by atoms with E-state index in [0.717, 1.165) is 0 Å². The first kappa shape index (κ1) is 13.2. The zero-order valence-corrected chi connectivity index (χ0v) is 10.7. The fraction of sp³-hybridized carbons (Fsp3) is 0.545. The number of aliphatic hydroxyl groups is 2. The number of nitrogens with two attached hydrogens (primary N) is 1. The van der Waals surface area contributed by atoms with E-state index in [9.17, 15) is 10.2 Å². The van der Waals surface area contributed by atoms with Gasteiger partial charge in [0.2, 0.25) is 0 Å². The van der Waals surface area contributed by atoms with E-state index in [1.807, 2.05) is 0 Å². The minimum atomic E-state index is -0.953. The minimum absolute atomic E-state index is 0.253. The molecule has 4 atom stereocenters. The number of ether oxygens (including phenoxy) is 2. The molecule has 0 aromatic carbocycles. The largest absolute Gasteiger partial charge is 0.394 e. The molecule has 0 spiro atoms. The number of methoxy groups -OCH3 is 1. The Labute approximate surface area is 114 Å². The first-order valence-corrected chi connectivity index (χ1v) is 6.07. The maximum atomic E-state index is 10.3. The molecule has 9 nitrogen and oxygen atoms in total. The molecule has 0 radical (unpaired) electrons. The Hall–Kier alpha value is -1.81. The van der Waals surface area contributed by atoms with Crippen molar-refractivity contribution >= 4 is 17.0 Å². The van der Waals surface area contributed by atoms with Gasteiger partial charge in [-0.3, -0.25) is 4.57 Å². The average Bonchev–Trinajstić information content (AvgIpc) is 3.00. The number of fused-ring (bicyclic) bond motifs is 1. The van der Waals surface area contributed by atoms with Crippen LogP contribution in [0.25, 0.3) is 11.2 Å². The summed E-state index contributed by atoms with van der Waals surface area (Å²) in [7, 11) is 1.45. The lowest BCUT2D eigenvalue weighted by molar-refractivity contribution is -0.0535. The second-order valence-corrected chi connectivity index (χ2v) is 4.52. The van der Waals surface area contributed by atoms with Gasteiger partial charge in [0.1, 0.15) is 30.2 Å². The zero-order valence-electron chi connectivity index (χ0n) is 10.7. The van der Waals surface area contributed by atoms with Crippen LogP contribution in [0.4, 0.5) is 5.82 Å². The van der Waals surface area contributed by atoms with Crippen LogP contribution in [0.15, 0.2) is 12.7 Å². The fourth-order valence-electron chi connectivity index (χ4n) is 2.44. The summed E-state index contributed by atoms with van der Waals surface area (Å²) in [4.78, 5) is 12.1.